The topological polar surface area (TPSA) is 70.7 Å². The largest absolute Gasteiger partial charge is 0.456 e. The van der Waals surface area contributed by atoms with Gasteiger partial charge < -0.3 is 15.4 Å². The number of nitrogens with one attached hydrogen (secondary N) is 2. The Hall–Kier alpha value is -1.56. The number of rotatable bonds is 3. The third-order valence-corrected chi connectivity index (χ3v) is 5.25. The highest BCUT2D eigenvalue weighted by Gasteiger charge is 2.52. The van der Waals surface area contributed by atoms with Crippen molar-refractivity contribution in [3.05, 3.63) is 11.3 Å². The van der Waals surface area contributed by atoms with Gasteiger partial charge >= 0.3 is 12.0 Å². The number of carbonyl (C=O) groups excluding carboxylic acids is 2. The molecule has 6 heteroatoms. The highest BCUT2D eigenvalue weighted by molar-refractivity contribution is 5.93. The molecule has 2 saturated heterocycles. The maximum atomic E-state index is 12.4. The summed E-state index contributed by atoms with van der Waals surface area (Å²) in [5.74, 6) is 0.138. The third kappa shape index (κ3) is 2.12. The Bertz CT molecular complexity index is 496. The molecule has 116 valence electrons. The van der Waals surface area contributed by atoms with Crippen LogP contribution in [0.2, 0.25) is 0 Å². The summed E-state index contributed by atoms with van der Waals surface area (Å²) < 4.78 is 5.12. The number of carbonyl (C=O) groups is 2. The summed E-state index contributed by atoms with van der Waals surface area (Å²) in [7, 11) is 0. The second-order valence-corrected chi connectivity index (χ2v) is 6.12. The maximum absolute atomic E-state index is 12.4. The zero-order chi connectivity index (χ0) is 15.0. The Labute approximate surface area is 124 Å². The number of ether oxygens (including phenoxy) is 1. The number of amides is 2. The smallest absolute Gasteiger partial charge is 0.336 e. The van der Waals surface area contributed by atoms with Gasteiger partial charge in [0.25, 0.3) is 0 Å². The Morgan fingerprint density at radius 1 is 1.33 bits per heavy atom. The van der Waals surface area contributed by atoms with Gasteiger partial charge in [0, 0.05) is 6.54 Å². The van der Waals surface area contributed by atoms with E-state index in [2.05, 4.69) is 17.6 Å². The lowest BCUT2D eigenvalue weighted by Gasteiger charge is -2.44. The van der Waals surface area contributed by atoms with Crippen LogP contribution in [0, 0.1) is 5.92 Å². The van der Waals surface area contributed by atoms with Crippen molar-refractivity contribution in [1.29, 1.82) is 0 Å². The molecular weight excluding hydrogens is 270 g/mol. The standard InChI is InChI=1S/C15H23N3O3/c1-3-15(11-4-6-16-7-5-11)9-17-14(20)18(15)12-8-21-13(19)10(12)2/h11,16H,3-9H2,1-2H3,(H,17,20). The van der Waals surface area contributed by atoms with Crippen molar-refractivity contribution in [2.24, 2.45) is 5.92 Å². The fourth-order valence-corrected chi connectivity index (χ4v) is 3.94. The van der Waals surface area contributed by atoms with E-state index in [0.717, 1.165) is 38.0 Å². The Kier molecular flexibility index (Phi) is 3.65. The minimum absolute atomic E-state index is 0.0944. The van der Waals surface area contributed by atoms with Crippen molar-refractivity contribution in [1.82, 2.24) is 15.5 Å². The molecule has 1 unspecified atom stereocenters. The average molecular weight is 293 g/mol. The minimum Gasteiger partial charge on any atom is -0.456 e. The fraction of sp³-hybridized carbons (Fsp3) is 0.733. The zero-order valence-electron chi connectivity index (χ0n) is 12.7. The summed E-state index contributed by atoms with van der Waals surface area (Å²) in [5, 5.41) is 6.36. The Morgan fingerprint density at radius 3 is 2.62 bits per heavy atom. The van der Waals surface area contributed by atoms with Crippen molar-refractivity contribution in [3.63, 3.8) is 0 Å². The second-order valence-electron chi connectivity index (χ2n) is 6.12. The molecule has 6 nitrogen and oxygen atoms in total. The van der Waals surface area contributed by atoms with E-state index in [0.29, 0.717) is 18.0 Å². The highest BCUT2D eigenvalue weighted by atomic mass is 16.5. The molecule has 3 rings (SSSR count). The molecule has 0 spiro atoms. The van der Waals surface area contributed by atoms with E-state index in [9.17, 15) is 9.59 Å². The number of urea groups is 1. The van der Waals surface area contributed by atoms with Gasteiger partial charge in [-0.05, 0) is 45.2 Å². The molecule has 0 saturated carbocycles. The zero-order valence-corrected chi connectivity index (χ0v) is 12.7. The summed E-state index contributed by atoms with van der Waals surface area (Å²) in [6.45, 7) is 6.72. The monoisotopic (exact) mass is 293 g/mol. The Balaban J connectivity index is 1.98. The molecular formula is C15H23N3O3. The summed E-state index contributed by atoms with van der Waals surface area (Å²) in [6.07, 6.45) is 2.99. The number of hydrogen-bond donors (Lipinski definition) is 2. The first kappa shape index (κ1) is 14.4. The normalized spacial score (nSPS) is 30.9. The molecule has 0 aromatic rings. The quantitative estimate of drug-likeness (QED) is 0.761. The van der Waals surface area contributed by atoms with Crippen LogP contribution in [-0.2, 0) is 9.53 Å². The predicted octanol–water partition coefficient (Wildman–Crippen LogP) is 0.991. The lowest BCUT2D eigenvalue weighted by Crippen LogP contribution is -2.54. The number of piperidine rings is 1. The van der Waals surface area contributed by atoms with Gasteiger partial charge in [-0.15, -0.1) is 0 Å². The van der Waals surface area contributed by atoms with Crippen LogP contribution in [-0.4, -0.2) is 48.7 Å². The second kappa shape index (κ2) is 5.33. The molecule has 1 atom stereocenters. The van der Waals surface area contributed by atoms with E-state index in [-0.39, 0.29) is 24.1 Å². The number of cyclic esters (lactones) is 1. The van der Waals surface area contributed by atoms with Crippen molar-refractivity contribution in [2.75, 3.05) is 26.2 Å². The molecule has 0 radical (unpaired) electrons. The highest BCUT2D eigenvalue weighted by Crippen LogP contribution is 2.41. The average Bonchev–Trinajstić information content (AvgIpc) is 3.02. The van der Waals surface area contributed by atoms with Crippen LogP contribution in [0.3, 0.4) is 0 Å². The Morgan fingerprint density at radius 2 is 2.05 bits per heavy atom. The van der Waals surface area contributed by atoms with Gasteiger partial charge in [0.2, 0.25) is 0 Å². The van der Waals surface area contributed by atoms with Crippen molar-refractivity contribution in [3.8, 4) is 0 Å². The number of esters is 1. The van der Waals surface area contributed by atoms with E-state index in [1.165, 1.54) is 0 Å². The van der Waals surface area contributed by atoms with Crippen LogP contribution >= 0.6 is 0 Å². The predicted molar refractivity (Wildman–Crippen MR) is 77.5 cm³/mol. The van der Waals surface area contributed by atoms with E-state index in [4.69, 9.17) is 4.74 Å². The van der Waals surface area contributed by atoms with Crippen molar-refractivity contribution in [2.45, 2.75) is 38.6 Å². The van der Waals surface area contributed by atoms with Crippen LogP contribution in [0.5, 0.6) is 0 Å². The van der Waals surface area contributed by atoms with E-state index in [1.54, 1.807) is 6.92 Å². The first-order valence-electron chi connectivity index (χ1n) is 7.76. The number of nitrogens with zero attached hydrogens (tertiary/aromatic N) is 1. The van der Waals surface area contributed by atoms with Gasteiger partial charge in [-0.25, -0.2) is 9.59 Å². The van der Waals surface area contributed by atoms with Gasteiger partial charge in [0.05, 0.1) is 16.8 Å². The summed E-state index contributed by atoms with van der Waals surface area (Å²) in [6, 6.07) is -0.0944. The van der Waals surface area contributed by atoms with Gasteiger partial charge in [-0.1, -0.05) is 6.92 Å². The molecule has 0 bridgehead atoms. The third-order valence-electron chi connectivity index (χ3n) is 5.25. The first-order chi connectivity index (χ1) is 10.1. The lowest BCUT2D eigenvalue weighted by atomic mass is 9.75. The van der Waals surface area contributed by atoms with Crippen molar-refractivity contribution >= 4 is 12.0 Å². The first-order valence-corrected chi connectivity index (χ1v) is 7.76. The minimum atomic E-state index is -0.306. The van der Waals surface area contributed by atoms with Gasteiger partial charge in [0.1, 0.15) is 6.61 Å². The summed E-state index contributed by atoms with van der Waals surface area (Å²) in [4.78, 5) is 25.9. The van der Waals surface area contributed by atoms with Gasteiger partial charge in [0.15, 0.2) is 0 Å². The lowest BCUT2D eigenvalue weighted by molar-refractivity contribution is -0.136. The SMILES string of the molecule is CCC1(C2CCNCC2)CNC(=O)N1C1=C(C)C(=O)OC1. The molecule has 21 heavy (non-hydrogen) atoms. The van der Waals surface area contributed by atoms with Crippen LogP contribution in [0.1, 0.15) is 33.1 Å². The fourth-order valence-electron chi connectivity index (χ4n) is 3.94. The molecule has 3 aliphatic rings. The van der Waals surface area contributed by atoms with E-state index >= 15 is 0 Å². The van der Waals surface area contributed by atoms with Crippen LogP contribution < -0.4 is 10.6 Å². The van der Waals surface area contributed by atoms with E-state index in [1.807, 2.05) is 4.90 Å². The maximum Gasteiger partial charge on any atom is 0.336 e. The molecule has 2 amide bonds. The molecule has 0 aromatic carbocycles. The molecule has 3 heterocycles. The van der Waals surface area contributed by atoms with Gasteiger partial charge in [-0.3, -0.25) is 4.90 Å². The van der Waals surface area contributed by atoms with E-state index < -0.39 is 0 Å². The summed E-state index contributed by atoms with van der Waals surface area (Å²) in [5.41, 5.74) is 1.08. The molecule has 0 aromatic heterocycles. The van der Waals surface area contributed by atoms with Gasteiger partial charge in [-0.2, -0.15) is 0 Å². The van der Waals surface area contributed by atoms with Crippen LogP contribution in [0.4, 0.5) is 4.79 Å². The number of hydrogen-bond acceptors (Lipinski definition) is 4. The molecule has 3 aliphatic heterocycles. The van der Waals surface area contributed by atoms with Crippen LogP contribution in [0.25, 0.3) is 0 Å². The molecule has 2 N–H and O–H groups in total. The molecule has 0 aliphatic carbocycles. The van der Waals surface area contributed by atoms with Crippen LogP contribution in [0.15, 0.2) is 11.3 Å². The summed E-state index contributed by atoms with van der Waals surface area (Å²) >= 11 is 0. The molecule has 2 fully saturated rings. The van der Waals surface area contributed by atoms with Crippen molar-refractivity contribution < 1.29 is 14.3 Å².